The maximum absolute atomic E-state index is 13.1. The lowest BCUT2D eigenvalue weighted by Gasteiger charge is -2.25. The van der Waals surface area contributed by atoms with Crippen molar-refractivity contribution in [3.8, 4) is 0 Å². The molecule has 3 rings (SSSR count). The molecular formula is C33H44N2O5. The third-order valence-electron chi connectivity index (χ3n) is 7.76. The molecule has 1 saturated heterocycles. The van der Waals surface area contributed by atoms with E-state index in [2.05, 4.69) is 6.92 Å². The third kappa shape index (κ3) is 8.77. The van der Waals surface area contributed by atoms with Gasteiger partial charge in [0.2, 0.25) is 0 Å². The van der Waals surface area contributed by atoms with E-state index < -0.39 is 22.7 Å². The molecule has 0 unspecified atom stereocenters. The largest absolute Gasteiger partial charge is 0.507 e. The van der Waals surface area contributed by atoms with E-state index in [0.29, 0.717) is 17.7 Å². The predicted molar refractivity (Wildman–Crippen MR) is 159 cm³/mol. The minimum atomic E-state index is -0.789. The number of nitro groups is 1. The van der Waals surface area contributed by atoms with Crippen molar-refractivity contribution < 1.29 is 19.6 Å². The molecule has 1 fully saturated rings. The number of hydrogen-bond donors (Lipinski definition) is 1. The molecule has 0 aliphatic carbocycles. The number of nitro benzene ring substituents is 1. The average molecular weight is 549 g/mol. The van der Waals surface area contributed by atoms with Gasteiger partial charge in [0.1, 0.15) is 5.76 Å². The van der Waals surface area contributed by atoms with Crippen LogP contribution in [0.4, 0.5) is 5.69 Å². The van der Waals surface area contributed by atoms with Gasteiger partial charge in [-0.1, -0.05) is 121 Å². The molecule has 2 aromatic rings. The number of amides is 1. The third-order valence-corrected chi connectivity index (χ3v) is 7.76. The number of rotatable bonds is 18. The number of Topliss-reactive ketones (excluding diaryl/α,β-unsaturated/α-hetero) is 1. The zero-order valence-corrected chi connectivity index (χ0v) is 23.9. The summed E-state index contributed by atoms with van der Waals surface area (Å²) in [7, 11) is 0. The van der Waals surface area contributed by atoms with Gasteiger partial charge in [-0.25, -0.2) is 0 Å². The molecule has 7 heteroatoms. The highest BCUT2D eigenvalue weighted by Gasteiger charge is 2.45. The second kappa shape index (κ2) is 16.6. The van der Waals surface area contributed by atoms with Gasteiger partial charge in [0, 0.05) is 24.2 Å². The van der Waals surface area contributed by atoms with Crippen LogP contribution >= 0.6 is 0 Å². The monoisotopic (exact) mass is 548 g/mol. The van der Waals surface area contributed by atoms with Crippen molar-refractivity contribution in [2.75, 3.05) is 6.54 Å². The van der Waals surface area contributed by atoms with Crippen molar-refractivity contribution in [2.45, 2.75) is 103 Å². The molecule has 216 valence electrons. The summed E-state index contributed by atoms with van der Waals surface area (Å²) in [5, 5.41) is 22.2. The van der Waals surface area contributed by atoms with Crippen molar-refractivity contribution >= 4 is 23.1 Å². The number of aliphatic hydroxyl groups is 1. The van der Waals surface area contributed by atoms with Crippen LogP contribution < -0.4 is 0 Å². The second-order valence-corrected chi connectivity index (χ2v) is 10.8. The molecule has 0 bridgehead atoms. The van der Waals surface area contributed by atoms with Gasteiger partial charge in [-0.15, -0.1) is 0 Å². The molecule has 0 saturated carbocycles. The van der Waals surface area contributed by atoms with Crippen LogP contribution in [0.5, 0.6) is 0 Å². The molecule has 7 nitrogen and oxygen atoms in total. The van der Waals surface area contributed by atoms with E-state index in [1.807, 2.05) is 0 Å². The Labute approximate surface area is 238 Å². The van der Waals surface area contributed by atoms with Gasteiger partial charge in [-0.3, -0.25) is 19.7 Å². The number of carbonyl (C=O) groups is 2. The van der Waals surface area contributed by atoms with E-state index in [0.717, 1.165) is 25.7 Å². The minimum absolute atomic E-state index is 0.0235. The highest BCUT2D eigenvalue weighted by Crippen LogP contribution is 2.40. The van der Waals surface area contributed by atoms with Crippen LogP contribution in [0.15, 0.2) is 60.2 Å². The van der Waals surface area contributed by atoms with E-state index >= 15 is 0 Å². The standard InChI is InChI=1S/C33H44N2O5/c1-2-3-4-5-6-7-8-9-10-11-12-13-14-18-25-34-30(26-21-23-28(24-22-26)35(39)40)29(32(37)33(34)38)31(36)27-19-16-15-17-20-27/h15-17,19-24,30,36H,2-14,18,25H2,1H3/b31-29+/t30-/m1/s1. The molecular weight excluding hydrogens is 504 g/mol. The fourth-order valence-electron chi connectivity index (χ4n) is 5.46. The van der Waals surface area contributed by atoms with Crippen LogP contribution in [0, 0.1) is 10.1 Å². The molecule has 40 heavy (non-hydrogen) atoms. The number of ketones is 1. The Morgan fingerprint density at radius 3 is 1.77 bits per heavy atom. The van der Waals surface area contributed by atoms with Crippen molar-refractivity contribution in [3.05, 3.63) is 81.4 Å². The van der Waals surface area contributed by atoms with Gasteiger partial charge in [0.25, 0.3) is 17.4 Å². The normalized spacial score (nSPS) is 16.5. The Bertz CT molecular complexity index is 1130. The number of non-ortho nitro benzene ring substituents is 1. The predicted octanol–water partition coefficient (Wildman–Crippen LogP) is 8.50. The van der Waals surface area contributed by atoms with Gasteiger partial charge in [-0.05, 0) is 24.1 Å². The van der Waals surface area contributed by atoms with Crippen LogP contribution in [-0.2, 0) is 9.59 Å². The molecule has 0 spiro atoms. The number of carbonyl (C=O) groups excluding carboxylic acids is 2. The first-order valence-corrected chi connectivity index (χ1v) is 15.0. The number of benzene rings is 2. The summed E-state index contributed by atoms with van der Waals surface area (Å²) in [5.74, 6) is -1.60. The molecule has 1 heterocycles. The quantitative estimate of drug-likeness (QED) is 0.0502. The SMILES string of the molecule is CCCCCCCCCCCCCCCCN1C(=O)C(=O)/C(=C(/O)c2ccccc2)[C@H]1c1ccc([N+](=O)[O-])cc1. The van der Waals surface area contributed by atoms with Crippen LogP contribution in [0.25, 0.3) is 5.76 Å². The number of aliphatic hydroxyl groups excluding tert-OH is 1. The first kappa shape index (κ1) is 31.1. The summed E-state index contributed by atoms with van der Waals surface area (Å²) >= 11 is 0. The lowest BCUT2D eigenvalue weighted by Crippen LogP contribution is -2.30. The molecule has 0 radical (unpaired) electrons. The zero-order valence-electron chi connectivity index (χ0n) is 23.9. The van der Waals surface area contributed by atoms with Crippen molar-refractivity contribution in [1.82, 2.24) is 4.90 Å². The van der Waals surface area contributed by atoms with Crippen LogP contribution in [0.2, 0.25) is 0 Å². The lowest BCUT2D eigenvalue weighted by atomic mass is 9.95. The summed E-state index contributed by atoms with van der Waals surface area (Å²) in [6, 6.07) is 13.7. The highest BCUT2D eigenvalue weighted by atomic mass is 16.6. The molecule has 1 aliphatic heterocycles. The van der Waals surface area contributed by atoms with Crippen molar-refractivity contribution in [2.24, 2.45) is 0 Å². The van der Waals surface area contributed by atoms with Gasteiger partial charge in [0.15, 0.2) is 0 Å². The zero-order chi connectivity index (χ0) is 28.7. The molecule has 2 aromatic carbocycles. The summed E-state index contributed by atoms with van der Waals surface area (Å²) in [6.07, 6.45) is 17.1. The van der Waals surface area contributed by atoms with E-state index in [-0.39, 0.29) is 17.0 Å². The molecule has 1 atom stereocenters. The smallest absolute Gasteiger partial charge is 0.295 e. The summed E-state index contributed by atoms with van der Waals surface area (Å²) in [5.41, 5.74) is 0.961. The summed E-state index contributed by atoms with van der Waals surface area (Å²) < 4.78 is 0. The van der Waals surface area contributed by atoms with Gasteiger partial charge in [0.05, 0.1) is 16.5 Å². The fraction of sp³-hybridized carbons (Fsp3) is 0.515. The van der Waals surface area contributed by atoms with Crippen LogP contribution in [0.3, 0.4) is 0 Å². The molecule has 1 N–H and O–H groups in total. The number of unbranched alkanes of at least 4 members (excludes halogenated alkanes) is 13. The van der Waals surface area contributed by atoms with E-state index in [1.54, 1.807) is 42.5 Å². The van der Waals surface area contributed by atoms with E-state index in [9.17, 15) is 24.8 Å². The fourth-order valence-corrected chi connectivity index (χ4v) is 5.46. The Morgan fingerprint density at radius 1 is 0.775 bits per heavy atom. The summed E-state index contributed by atoms with van der Waals surface area (Å²) in [4.78, 5) is 38.4. The molecule has 1 amide bonds. The Kier molecular flexibility index (Phi) is 12.9. The number of likely N-dealkylation sites (tertiary alicyclic amines) is 1. The Hall–Kier alpha value is -3.48. The minimum Gasteiger partial charge on any atom is -0.507 e. The number of nitrogens with zero attached hydrogens (tertiary/aromatic N) is 2. The van der Waals surface area contributed by atoms with Gasteiger partial charge < -0.3 is 10.0 Å². The Balaban J connectivity index is 1.55. The van der Waals surface area contributed by atoms with Crippen LogP contribution in [-0.4, -0.2) is 33.2 Å². The Morgan fingerprint density at radius 2 is 1.27 bits per heavy atom. The number of hydrogen-bond acceptors (Lipinski definition) is 5. The molecule has 1 aliphatic rings. The van der Waals surface area contributed by atoms with Crippen LogP contribution in [0.1, 0.15) is 114 Å². The second-order valence-electron chi connectivity index (χ2n) is 10.8. The van der Waals surface area contributed by atoms with Crippen molar-refractivity contribution in [3.63, 3.8) is 0 Å². The van der Waals surface area contributed by atoms with Gasteiger partial charge >= 0.3 is 0 Å². The topological polar surface area (TPSA) is 101 Å². The maximum atomic E-state index is 13.1. The maximum Gasteiger partial charge on any atom is 0.295 e. The molecule has 0 aromatic heterocycles. The lowest BCUT2D eigenvalue weighted by molar-refractivity contribution is -0.384. The average Bonchev–Trinajstić information content (AvgIpc) is 3.22. The van der Waals surface area contributed by atoms with Gasteiger partial charge in [-0.2, -0.15) is 0 Å². The first-order chi connectivity index (χ1) is 19.5. The van der Waals surface area contributed by atoms with Crippen molar-refractivity contribution in [1.29, 1.82) is 0 Å². The first-order valence-electron chi connectivity index (χ1n) is 15.0. The summed E-state index contributed by atoms with van der Waals surface area (Å²) in [6.45, 7) is 2.63. The van der Waals surface area contributed by atoms with E-state index in [1.165, 1.54) is 81.2 Å². The highest BCUT2D eigenvalue weighted by molar-refractivity contribution is 6.46. The van der Waals surface area contributed by atoms with E-state index in [4.69, 9.17) is 0 Å².